The molecule has 0 spiro atoms. The Morgan fingerprint density at radius 3 is 2.09 bits per heavy atom. The van der Waals surface area contributed by atoms with Gasteiger partial charge in [0.2, 0.25) is 8.32 Å². The zero-order valence-corrected chi connectivity index (χ0v) is 29.6. The average Bonchev–Trinajstić information content (AvgIpc) is 3.64. The Morgan fingerprint density at radius 1 is 0.894 bits per heavy atom. The van der Waals surface area contributed by atoms with Crippen LogP contribution in [-0.2, 0) is 10.1 Å². The van der Waals surface area contributed by atoms with Gasteiger partial charge in [-0.1, -0.05) is 20.8 Å². The normalized spacial score (nSPS) is 14.8. The lowest BCUT2D eigenvalue weighted by molar-refractivity contribution is -0.0500. The molecule has 0 amide bonds. The van der Waals surface area contributed by atoms with Gasteiger partial charge in [-0.25, -0.2) is 0 Å². The van der Waals surface area contributed by atoms with Gasteiger partial charge in [-0.05, 0) is 116 Å². The molecule has 5 rings (SSSR count). The summed E-state index contributed by atoms with van der Waals surface area (Å²) >= 11 is 1.16. The maximum Gasteiger partial charge on any atom is 0.534 e. The second-order valence-electron chi connectivity index (χ2n) is 13.1. The molecule has 13 heteroatoms. The molecule has 252 valence electrons. The van der Waals surface area contributed by atoms with Crippen LogP contribution in [0.4, 0.5) is 13.2 Å². The lowest BCUT2D eigenvalue weighted by Crippen LogP contribution is -2.43. The van der Waals surface area contributed by atoms with E-state index in [0.717, 1.165) is 37.0 Å². The number of fused-ring (bicyclic) bond motifs is 1. The Bertz CT molecular complexity index is 1840. The first kappa shape index (κ1) is 34.9. The molecule has 0 radical (unpaired) electrons. The van der Waals surface area contributed by atoms with Gasteiger partial charge in [0.15, 0.2) is 5.78 Å². The number of alkyl halides is 3. The van der Waals surface area contributed by atoms with Gasteiger partial charge in [0.25, 0.3) is 0 Å². The predicted octanol–water partition coefficient (Wildman–Crippen LogP) is 8.89. The third-order valence-electron chi connectivity index (χ3n) is 8.67. The monoisotopic (exact) mass is 705 g/mol. The molecule has 1 aliphatic heterocycles. The SMILES string of the molecule is CC(C)(C)[Si](C)(C)Oc1ccc(-c2sc3cc(OS(=O)(=O)C(F)(F)F)ccc3c2C(=O)c2ccc(OCCN3CCCC3)cc2)cc1. The summed E-state index contributed by atoms with van der Waals surface area (Å²) in [5.74, 6) is 0.534. The van der Waals surface area contributed by atoms with Crippen molar-refractivity contribution in [2.75, 3.05) is 26.2 Å². The summed E-state index contributed by atoms with van der Waals surface area (Å²) in [5.41, 5.74) is -4.14. The summed E-state index contributed by atoms with van der Waals surface area (Å²) < 4.78 is 79.5. The lowest BCUT2D eigenvalue weighted by atomic mass is 9.97. The first-order valence-electron chi connectivity index (χ1n) is 15.3. The van der Waals surface area contributed by atoms with Gasteiger partial charge < -0.3 is 13.3 Å². The van der Waals surface area contributed by atoms with Gasteiger partial charge in [0, 0.05) is 32.6 Å². The molecule has 1 aromatic heterocycles. The van der Waals surface area contributed by atoms with Gasteiger partial charge in [-0.15, -0.1) is 11.3 Å². The lowest BCUT2D eigenvalue weighted by Gasteiger charge is -2.36. The van der Waals surface area contributed by atoms with E-state index in [1.165, 1.54) is 25.0 Å². The molecule has 1 aliphatic rings. The highest BCUT2D eigenvalue weighted by Crippen LogP contribution is 2.43. The summed E-state index contributed by atoms with van der Waals surface area (Å²) in [6.45, 7) is 14.3. The van der Waals surface area contributed by atoms with Gasteiger partial charge in [-0.3, -0.25) is 9.69 Å². The number of hydrogen-bond donors (Lipinski definition) is 0. The number of likely N-dealkylation sites (tertiary alicyclic amines) is 1. The minimum Gasteiger partial charge on any atom is -0.544 e. The van der Waals surface area contributed by atoms with Crippen LogP contribution in [0.5, 0.6) is 17.2 Å². The highest BCUT2D eigenvalue weighted by Gasteiger charge is 2.48. The van der Waals surface area contributed by atoms with E-state index in [1.54, 1.807) is 24.3 Å². The Labute approximate surface area is 278 Å². The van der Waals surface area contributed by atoms with Crippen molar-refractivity contribution in [1.29, 1.82) is 0 Å². The standard InChI is InChI=1S/C34H38F3NO6S2Si/c1-33(2,3)47(4,5)44-26-14-10-24(11-15-26)32-30(28-17-16-27(22-29(28)45-32)43-46(40,41)34(35,36)37)31(39)23-8-12-25(13-9-23)42-21-20-38-18-6-7-19-38/h8-17,22H,6-7,18-21H2,1-5H3. The summed E-state index contributed by atoms with van der Waals surface area (Å²) in [6, 6.07) is 17.9. The third kappa shape index (κ3) is 7.85. The highest BCUT2D eigenvalue weighted by atomic mass is 32.2. The first-order valence-corrected chi connectivity index (χ1v) is 20.5. The molecule has 3 aromatic carbocycles. The fourth-order valence-electron chi connectivity index (χ4n) is 5.00. The highest BCUT2D eigenvalue weighted by molar-refractivity contribution is 7.88. The molecular weight excluding hydrogens is 668 g/mol. The Morgan fingerprint density at radius 2 is 1.49 bits per heavy atom. The Kier molecular flexibility index (Phi) is 9.85. The van der Waals surface area contributed by atoms with Crippen LogP contribution in [0, 0.1) is 0 Å². The molecule has 0 aliphatic carbocycles. The number of rotatable bonds is 11. The molecule has 1 saturated heterocycles. The number of ether oxygens (including phenoxy) is 1. The fourth-order valence-corrected chi connectivity index (χ4v) is 7.72. The number of hydrogen-bond acceptors (Lipinski definition) is 8. The molecule has 0 unspecified atom stereocenters. The maximum atomic E-state index is 14.1. The van der Waals surface area contributed by atoms with E-state index in [4.69, 9.17) is 9.16 Å². The molecule has 4 aromatic rings. The largest absolute Gasteiger partial charge is 0.544 e. The van der Waals surface area contributed by atoms with Crippen LogP contribution in [0.3, 0.4) is 0 Å². The van der Waals surface area contributed by atoms with Crippen molar-refractivity contribution in [2.45, 2.75) is 57.3 Å². The molecule has 0 saturated carbocycles. The average molecular weight is 706 g/mol. The van der Waals surface area contributed by atoms with Crippen LogP contribution in [-0.4, -0.2) is 59.2 Å². The minimum atomic E-state index is -5.87. The maximum absolute atomic E-state index is 14.1. The molecular formula is C34H38F3NO6S2Si. The zero-order chi connectivity index (χ0) is 34.2. The molecule has 0 atom stereocenters. The molecule has 0 bridgehead atoms. The number of benzene rings is 3. The van der Waals surface area contributed by atoms with Crippen molar-refractivity contribution < 1.29 is 39.7 Å². The van der Waals surface area contributed by atoms with Gasteiger partial charge >= 0.3 is 15.6 Å². The summed E-state index contributed by atoms with van der Waals surface area (Å²) in [5, 5.41) is 0.448. The van der Waals surface area contributed by atoms with Gasteiger partial charge in [0.1, 0.15) is 23.9 Å². The van der Waals surface area contributed by atoms with Crippen LogP contribution in [0.15, 0.2) is 66.7 Å². The number of ketones is 1. The molecule has 2 heterocycles. The molecule has 7 nitrogen and oxygen atoms in total. The smallest absolute Gasteiger partial charge is 0.534 e. The number of halogens is 3. The van der Waals surface area contributed by atoms with E-state index >= 15 is 0 Å². The van der Waals surface area contributed by atoms with E-state index in [0.29, 0.717) is 49.8 Å². The first-order chi connectivity index (χ1) is 21.9. The van der Waals surface area contributed by atoms with Gasteiger partial charge in [-0.2, -0.15) is 21.6 Å². The summed E-state index contributed by atoms with van der Waals surface area (Å²) in [6.07, 6.45) is 2.40. The molecule has 1 fully saturated rings. The molecule has 0 N–H and O–H groups in total. The second-order valence-corrected chi connectivity index (χ2v) is 20.4. The fraction of sp³-hybridized carbons (Fsp3) is 0.382. The number of nitrogens with zero attached hydrogens (tertiary/aromatic N) is 1. The summed E-state index contributed by atoms with van der Waals surface area (Å²) in [4.78, 5) is 17.0. The van der Waals surface area contributed by atoms with Crippen molar-refractivity contribution in [1.82, 2.24) is 4.90 Å². The van der Waals surface area contributed by atoms with Crippen LogP contribution in [0.25, 0.3) is 20.5 Å². The van der Waals surface area contributed by atoms with Gasteiger partial charge in [0.05, 0.1) is 0 Å². The Balaban J connectivity index is 1.48. The minimum absolute atomic E-state index is 0.00934. The van der Waals surface area contributed by atoms with Crippen molar-refractivity contribution in [3.63, 3.8) is 0 Å². The number of carbonyl (C=O) groups excluding carboxylic acids is 1. The van der Waals surface area contributed by atoms with Crippen LogP contribution in [0.2, 0.25) is 18.1 Å². The molecule has 47 heavy (non-hydrogen) atoms. The van der Waals surface area contributed by atoms with Crippen LogP contribution < -0.4 is 13.3 Å². The van der Waals surface area contributed by atoms with Crippen molar-refractivity contribution in [3.05, 3.63) is 77.9 Å². The van der Waals surface area contributed by atoms with E-state index < -0.39 is 29.7 Å². The zero-order valence-electron chi connectivity index (χ0n) is 26.9. The predicted molar refractivity (Wildman–Crippen MR) is 182 cm³/mol. The van der Waals surface area contributed by atoms with E-state index in [1.807, 2.05) is 24.3 Å². The van der Waals surface area contributed by atoms with E-state index in [9.17, 15) is 26.4 Å². The summed E-state index contributed by atoms with van der Waals surface area (Å²) in [7, 11) is -7.98. The van der Waals surface area contributed by atoms with Crippen molar-refractivity contribution >= 4 is 45.6 Å². The topological polar surface area (TPSA) is 82.1 Å². The quantitative estimate of drug-likeness (QED) is 0.0667. The third-order valence-corrected chi connectivity index (χ3v) is 15.2. The number of thiophene rings is 1. The van der Waals surface area contributed by atoms with E-state index in [-0.39, 0.29) is 10.8 Å². The second kappa shape index (κ2) is 13.3. The van der Waals surface area contributed by atoms with Crippen molar-refractivity contribution in [3.8, 4) is 27.7 Å². The van der Waals surface area contributed by atoms with Crippen LogP contribution in [0.1, 0.15) is 49.5 Å². The van der Waals surface area contributed by atoms with Crippen LogP contribution >= 0.6 is 11.3 Å². The Hall–Kier alpha value is -3.39. The number of carbonyl (C=O) groups is 1. The van der Waals surface area contributed by atoms with E-state index in [2.05, 4.69) is 42.9 Å². The van der Waals surface area contributed by atoms with Crippen molar-refractivity contribution in [2.24, 2.45) is 0 Å².